The molecule has 0 saturated heterocycles. The lowest BCUT2D eigenvalue weighted by molar-refractivity contribution is 0.306. The normalized spacial score (nSPS) is 12.1. The maximum Gasteiger partial charge on any atom is 0.137 e. The van der Waals surface area contributed by atoms with E-state index in [1.807, 2.05) is 30.8 Å². The van der Waals surface area contributed by atoms with Crippen molar-refractivity contribution in [2.24, 2.45) is 0 Å². The van der Waals surface area contributed by atoms with Crippen LogP contribution in [-0.4, -0.2) is 5.75 Å². The quantitative estimate of drug-likeness (QED) is 0.473. The highest BCUT2D eigenvalue weighted by Crippen LogP contribution is 2.30. The average Bonchev–Trinajstić information content (AvgIpc) is 3.04. The van der Waals surface area contributed by atoms with Gasteiger partial charge in [0.25, 0.3) is 0 Å². The van der Waals surface area contributed by atoms with Crippen molar-refractivity contribution in [1.29, 1.82) is 0 Å². The molecular weight excluding hydrogens is 342 g/mol. The molecule has 1 N–H and O–H groups in total. The molecule has 4 heteroatoms. The maximum atomic E-state index is 5.94. The maximum absolute atomic E-state index is 5.94. The molecule has 0 spiro atoms. The van der Waals surface area contributed by atoms with E-state index >= 15 is 0 Å². The molecule has 3 nitrogen and oxygen atoms in total. The van der Waals surface area contributed by atoms with Crippen molar-refractivity contribution in [3.05, 3.63) is 72.1 Å². The largest absolute Gasteiger partial charge is 0.489 e. The van der Waals surface area contributed by atoms with Crippen LogP contribution >= 0.6 is 11.8 Å². The molecule has 0 saturated carbocycles. The van der Waals surface area contributed by atoms with E-state index in [9.17, 15) is 0 Å². The summed E-state index contributed by atoms with van der Waals surface area (Å²) in [5.41, 5.74) is 4.06. The first kappa shape index (κ1) is 18.5. The lowest BCUT2D eigenvalue weighted by Gasteiger charge is -2.13. The second kappa shape index (κ2) is 8.37. The molecule has 2 aromatic carbocycles. The van der Waals surface area contributed by atoms with E-state index in [2.05, 4.69) is 56.1 Å². The van der Waals surface area contributed by atoms with Gasteiger partial charge in [-0.3, -0.25) is 0 Å². The Morgan fingerprint density at radius 2 is 2.00 bits per heavy atom. The molecule has 0 amide bonds. The molecule has 1 aromatic heterocycles. The SMILES string of the molecule is C=C(C)NC(C)c1coc2cc(OCc3ccc(SCC)cc3)ccc12. The van der Waals surface area contributed by atoms with Crippen LogP contribution in [0.25, 0.3) is 11.0 Å². The first-order valence-corrected chi connectivity index (χ1v) is 9.83. The summed E-state index contributed by atoms with van der Waals surface area (Å²) >= 11 is 1.84. The molecule has 26 heavy (non-hydrogen) atoms. The van der Waals surface area contributed by atoms with Gasteiger partial charge < -0.3 is 14.5 Å². The summed E-state index contributed by atoms with van der Waals surface area (Å²) in [7, 11) is 0. The van der Waals surface area contributed by atoms with Gasteiger partial charge in [0.15, 0.2) is 0 Å². The van der Waals surface area contributed by atoms with Gasteiger partial charge in [-0.05, 0) is 49.4 Å². The average molecular weight is 368 g/mol. The fourth-order valence-corrected chi connectivity index (χ4v) is 3.58. The van der Waals surface area contributed by atoms with E-state index in [4.69, 9.17) is 9.15 Å². The number of allylic oxidation sites excluding steroid dienone is 1. The minimum absolute atomic E-state index is 0.153. The van der Waals surface area contributed by atoms with Crippen molar-refractivity contribution in [3.63, 3.8) is 0 Å². The summed E-state index contributed by atoms with van der Waals surface area (Å²) in [6, 6.07) is 14.7. The number of hydrogen-bond donors (Lipinski definition) is 1. The summed E-state index contributed by atoms with van der Waals surface area (Å²) in [5, 5.41) is 4.42. The monoisotopic (exact) mass is 367 g/mol. The van der Waals surface area contributed by atoms with Gasteiger partial charge in [0, 0.05) is 27.6 Å². The molecular formula is C22H25NO2S. The van der Waals surface area contributed by atoms with E-state index in [1.165, 1.54) is 4.90 Å². The van der Waals surface area contributed by atoms with Crippen molar-refractivity contribution >= 4 is 22.7 Å². The zero-order chi connectivity index (χ0) is 18.5. The molecule has 0 bridgehead atoms. The predicted octanol–water partition coefficient (Wildman–Crippen LogP) is 6.31. The third-order valence-electron chi connectivity index (χ3n) is 4.15. The molecule has 1 atom stereocenters. The van der Waals surface area contributed by atoms with Crippen LogP contribution in [0.5, 0.6) is 5.75 Å². The van der Waals surface area contributed by atoms with Crippen molar-refractivity contribution in [1.82, 2.24) is 5.32 Å². The molecule has 136 valence electrons. The minimum atomic E-state index is 0.153. The van der Waals surface area contributed by atoms with Gasteiger partial charge >= 0.3 is 0 Å². The van der Waals surface area contributed by atoms with Gasteiger partial charge in [0.1, 0.15) is 17.9 Å². The van der Waals surface area contributed by atoms with Gasteiger partial charge in [-0.25, -0.2) is 0 Å². The lowest BCUT2D eigenvalue weighted by atomic mass is 10.1. The van der Waals surface area contributed by atoms with Crippen LogP contribution < -0.4 is 10.1 Å². The van der Waals surface area contributed by atoms with Crippen molar-refractivity contribution in [2.45, 2.75) is 38.3 Å². The van der Waals surface area contributed by atoms with Crippen LogP contribution in [-0.2, 0) is 6.61 Å². The highest BCUT2D eigenvalue weighted by Gasteiger charge is 2.13. The predicted molar refractivity (Wildman–Crippen MR) is 110 cm³/mol. The van der Waals surface area contributed by atoms with Crippen LogP contribution in [0.2, 0.25) is 0 Å². The summed E-state index contributed by atoms with van der Waals surface area (Å²) < 4.78 is 11.7. The zero-order valence-electron chi connectivity index (χ0n) is 15.5. The molecule has 0 aliphatic heterocycles. The van der Waals surface area contributed by atoms with Crippen molar-refractivity contribution in [2.75, 3.05) is 5.75 Å². The fourth-order valence-electron chi connectivity index (χ4n) is 2.92. The molecule has 0 fully saturated rings. The summed E-state index contributed by atoms with van der Waals surface area (Å²) in [5.74, 6) is 1.90. The Kier molecular flexibility index (Phi) is 5.94. The van der Waals surface area contributed by atoms with E-state index < -0.39 is 0 Å². The van der Waals surface area contributed by atoms with E-state index in [1.54, 1.807) is 6.26 Å². The molecule has 3 rings (SSSR count). The third kappa shape index (κ3) is 4.44. The van der Waals surface area contributed by atoms with Crippen LogP contribution in [0.3, 0.4) is 0 Å². The number of rotatable bonds is 8. The first-order chi connectivity index (χ1) is 12.6. The molecule has 1 heterocycles. The van der Waals surface area contributed by atoms with Crippen molar-refractivity contribution < 1.29 is 9.15 Å². The van der Waals surface area contributed by atoms with E-state index in [0.717, 1.165) is 39.3 Å². The molecule has 0 radical (unpaired) electrons. The second-order valence-corrected chi connectivity index (χ2v) is 7.70. The Morgan fingerprint density at radius 1 is 1.23 bits per heavy atom. The summed E-state index contributed by atoms with van der Waals surface area (Å²) in [4.78, 5) is 1.29. The van der Waals surface area contributed by atoms with Crippen molar-refractivity contribution in [3.8, 4) is 5.75 Å². The highest BCUT2D eigenvalue weighted by atomic mass is 32.2. The number of benzene rings is 2. The summed E-state index contributed by atoms with van der Waals surface area (Å²) in [6.07, 6.45) is 1.80. The van der Waals surface area contributed by atoms with Crippen LogP contribution in [0.1, 0.15) is 37.9 Å². The van der Waals surface area contributed by atoms with E-state index in [0.29, 0.717) is 6.61 Å². The molecule has 3 aromatic rings. The molecule has 0 aliphatic rings. The Morgan fingerprint density at radius 3 is 2.69 bits per heavy atom. The Balaban J connectivity index is 1.68. The first-order valence-electron chi connectivity index (χ1n) is 8.84. The zero-order valence-corrected chi connectivity index (χ0v) is 16.4. The minimum Gasteiger partial charge on any atom is -0.489 e. The number of hydrogen-bond acceptors (Lipinski definition) is 4. The number of furan rings is 1. The van der Waals surface area contributed by atoms with Gasteiger partial charge in [-0.1, -0.05) is 25.6 Å². The topological polar surface area (TPSA) is 34.4 Å². The number of ether oxygens (including phenoxy) is 1. The smallest absolute Gasteiger partial charge is 0.137 e. The van der Waals surface area contributed by atoms with Gasteiger partial charge in [0.05, 0.1) is 12.3 Å². The standard InChI is InChI=1S/C22H25NO2S/c1-5-26-19-9-6-17(7-10-19)13-24-18-8-11-20-21(14-25-22(20)12-18)16(4)23-15(2)3/h6-12,14,16,23H,2,5,13H2,1,3-4H3. The second-order valence-electron chi connectivity index (χ2n) is 6.36. The highest BCUT2D eigenvalue weighted by molar-refractivity contribution is 7.99. The Hall–Kier alpha value is -2.33. The Labute approximate surface area is 159 Å². The van der Waals surface area contributed by atoms with Gasteiger partial charge in [0.2, 0.25) is 0 Å². The molecule has 0 aliphatic carbocycles. The molecule has 1 unspecified atom stereocenters. The fraction of sp³-hybridized carbons (Fsp3) is 0.273. The number of thioether (sulfide) groups is 1. The van der Waals surface area contributed by atoms with Gasteiger partial charge in [-0.15, -0.1) is 11.8 Å². The number of nitrogens with one attached hydrogen (secondary N) is 1. The summed E-state index contributed by atoms with van der Waals surface area (Å²) in [6.45, 7) is 10.7. The van der Waals surface area contributed by atoms with Crippen LogP contribution in [0, 0.1) is 0 Å². The van der Waals surface area contributed by atoms with Crippen LogP contribution in [0.4, 0.5) is 0 Å². The van der Waals surface area contributed by atoms with Crippen LogP contribution in [0.15, 0.2) is 70.3 Å². The lowest BCUT2D eigenvalue weighted by Crippen LogP contribution is -2.15. The van der Waals surface area contributed by atoms with Gasteiger partial charge in [-0.2, -0.15) is 0 Å². The third-order valence-corrected chi connectivity index (χ3v) is 5.04. The number of fused-ring (bicyclic) bond motifs is 1. The Bertz CT molecular complexity index is 883. The van der Waals surface area contributed by atoms with E-state index in [-0.39, 0.29) is 6.04 Å².